The van der Waals surface area contributed by atoms with Crippen LogP contribution >= 0.6 is 15.9 Å². The SMILES string of the molecule is C=CCOC(=O)/C(C#N)=C/c1ccc(OC)c(Br)c1. The lowest BCUT2D eigenvalue weighted by Crippen LogP contribution is -2.06. The van der Waals surface area contributed by atoms with E-state index in [2.05, 4.69) is 22.5 Å². The second kappa shape index (κ2) is 7.39. The summed E-state index contributed by atoms with van der Waals surface area (Å²) in [6, 6.07) is 7.03. The predicted octanol–water partition coefficient (Wildman–Crippen LogP) is 3.09. The minimum absolute atomic E-state index is 0.0704. The van der Waals surface area contributed by atoms with Gasteiger partial charge in [0.2, 0.25) is 0 Å². The Kier molecular flexibility index (Phi) is 5.83. The highest BCUT2D eigenvalue weighted by molar-refractivity contribution is 9.10. The van der Waals surface area contributed by atoms with Gasteiger partial charge in [-0.05, 0) is 39.7 Å². The Bertz CT molecular complexity index is 558. The van der Waals surface area contributed by atoms with Crippen molar-refractivity contribution in [2.75, 3.05) is 13.7 Å². The fourth-order valence-electron chi connectivity index (χ4n) is 1.29. The third-order valence-corrected chi connectivity index (χ3v) is 2.78. The molecule has 1 aromatic rings. The zero-order valence-electron chi connectivity index (χ0n) is 10.4. The number of rotatable bonds is 5. The van der Waals surface area contributed by atoms with E-state index in [1.54, 1.807) is 25.3 Å². The lowest BCUT2D eigenvalue weighted by molar-refractivity contribution is -0.137. The van der Waals surface area contributed by atoms with Gasteiger partial charge in [-0.1, -0.05) is 18.7 Å². The lowest BCUT2D eigenvalue weighted by Gasteiger charge is -2.04. The van der Waals surface area contributed by atoms with Crippen molar-refractivity contribution in [1.82, 2.24) is 0 Å². The minimum Gasteiger partial charge on any atom is -0.496 e. The molecule has 0 saturated heterocycles. The summed E-state index contributed by atoms with van der Waals surface area (Å²) in [7, 11) is 1.56. The van der Waals surface area contributed by atoms with Gasteiger partial charge in [-0.2, -0.15) is 5.26 Å². The number of carbonyl (C=O) groups is 1. The summed E-state index contributed by atoms with van der Waals surface area (Å²) in [5.74, 6) is -0.000711. The highest BCUT2D eigenvalue weighted by Crippen LogP contribution is 2.26. The number of hydrogen-bond acceptors (Lipinski definition) is 4. The van der Waals surface area contributed by atoms with Crippen LogP contribution in [-0.2, 0) is 9.53 Å². The average Bonchev–Trinajstić information content (AvgIpc) is 2.42. The summed E-state index contributed by atoms with van der Waals surface area (Å²) in [6.45, 7) is 3.51. The molecule has 0 aliphatic carbocycles. The van der Waals surface area contributed by atoms with Crippen molar-refractivity contribution in [2.45, 2.75) is 0 Å². The summed E-state index contributed by atoms with van der Waals surface area (Å²) in [6.07, 6.45) is 2.90. The van der Waals surface area contributed by atoms with Gasteiger partial charge in [0.1, 0.15) is 24.0 Å². The molecular weight excluding hydrogens is 310 g/mol. The first kappa shape index (κ1) is 15.0. The van der Waals surface area contributed by atoms with Crippen molar-refractivity contribution in [3.8, 4) is 11.8 Å². The van der Waals surface area contributed by atoms with Gasteiger partial charge in [0.05, 0.1) is 11.6 Å². The van der Waals surface area contributed by atoms with Crippen LogP contribution in [0, 0.1) is 11.3 Å². The molecule has 0 aliphatic rings. The van der Waals surface area contributed by atoms with Crippen LogP contribution in [0.3, 0.4) is 0 Å². The van der Waals surface area contributed by atoms with E-state index in [4.69, 9.17) is 14.7 Å². The Morgan fingerprint density at radius 3 is 2.84 bits per heavy atom. The van der Waals surface area contributed by atoms with Crippen LogP contribution in [0.1, 0.15) is 5.56 Å². The van der Waals surface area contributed by atoms with Crippen molar-refractivity contribution in [3.63, 3.8) is 0 Å². The number of halogens is 1. The Morgan fingerprint density at radius 2 is 2.32 bits per heavy atom. The molecule has 0 fully saturated rings. The molecule has 0 aromatic heterocycles. The molecule has 0 saturated carbocycles. The van der Waals surface area contributed by atoms with Gasteiger partial charge in [-0.3, -0.25) is 0 Å². The smallest absolute Gasteiger partial charge is 0.349 e. The number of carbonyl (C=O) groups excluding carboxylic acids is 1. The van der Waals surface area contributed by atoms with E-state index in [1.807, 2.05) is 6.07 Å². The second-order valence-corrected chi connectivity index (χ2v) is 4.31. The molecule has 0 aliphatic heterocycles. The van der Waals surface area contributed by atoms with E-state index in [-0.39, 0.29) is 12.2 Å². The van der Waals surface area contributed by atoms with Crippen molar-refractivity contribution >= 4 is 28.0 Å². The standard InChI is InChI=1S/C14H12BrNO3/c1-3-6-19-14(17)11(9-16)7-10-4-5-13(18-2)12(15)8-10/h3-5,7-8H,1,6H2,2H3/b11-7+. The van der Waals surface area contributed by atoms with Gasteiger partial charge in [0, 0.05) is 0 Å². The van der Waals surface area contributed by atoms with E-state index in [1.165, 1.54) is 12.2 Å². The Hall–Kier alpha value is -2.06. The molecule has 0 unspecified atom stereocenters. The van der Waals surface area contributed by atoms with Crippen molar-refractivity contribution in [2.24, 2.45) is 0 Å². The molecule has 4 nitrogen and oxygen atoms in total. The van der Waals surface area contributed by atoms with E-state index in [0.717, 1.165) is 4.47 Å². The largest absolute Gasteiger partial charge is 0.496 e. The number of methoxy groups -OCH3 is 1. The number of hydrogen-bond donors (Lipinski definition) is 0. The van der Waals surface area contributed by atoms with Gasteiger partial charge < -0.3 is 9.47 Å². The van der Waals surface area contributed by atoms with Crippen LogP contribution in [-0.4, -0.2) is 19.7 Å². The molecule has 0 atom stereocenters. The number of benzene rings is 1. The molecule has 0 amide bonds. The molecule has 19 heavy (non-hydrogen) atoms. The van der Waals surface area contributed by atoms with E-state index < -0.39 is 5.97 Å². The summed E-state index contributed by atoms with van der Waals surface area (Å²) in [5.41, 5.74) is 0.624. The molecular formula is C14H12BrNO3. The summed E-state index contributed by atoms with van der Waals surface area (Å²) in [4.78, 5) is 11.5. The molecule has 98 valence electrons. The summed E-state index contributed by atoms with van der Waals surface area (Å²) in [5, 5.41) is 8.95. The molecule has 1 rings (SSSR count). The monoisotopic (exact) mass is 321 g/mol. The summed E-state index contributed by atoms with van der Waals surface area (Å²) >= 11 is 3.33. The van der Waals surface area contributed by atoms with E-state index in [9.17, 15) is 4.79 Å². The Labute approximate surface area is 120 Å². The fourth-order valence-corrected chi connectivity index (χ4v) is 1.85. The lowest BCUT2D eigenvalue weighted by atomic mass is 10.1. The fraction of sp³-hybridized carbons (Fsp3) is 0.143. The number of esters is 1. The van der Waals surface area contributed by atoms with Crippen LogP contribution < -0.4 is 4.74 Å². The molecule has 0 heterocycles. The van der Waals surface area contributed by atoms with Crippen LogP contribution in [0.5, 0.6) is 5.75 Å². The summed E-state index contributed by atoms with van der Waals surface area (Å²) < 4.78 is 10.6. The van der Waals surface area contributed by atoms with Gasteiger partial charge in [0.15, 0.2) is 0 Å². The number of nitriles is 1. The number of nitrogens with zero attached hydrogens (tertiary/aromatic N) is 1. The topological polar surface area (TPSA) is 59.3 Å². The predicted molar refractivity (Wildman–Crippen MR) is 75.4 cm³/mol. The number of ether oxygens (including phenoxy) is 2. The van der Waals surface area contributed by atoms with Gasteiger partial charge in [0.25, 0.3) is 0 Å². The first-order valence-corrected chi connectivity index (χ1v) is 6.15. The highest BCUT2D eigenvalue weighted by Gasteiger charge is 2.10. The first-order chi connectivity index (χ1) is 9.12. The maximum absolute atomic E-state index is 11.5. The third-order valence-electron chi connectivity index (χ3n) is 2.16. The molecule has 0 radical (unpaired) electrons. The maximum atomic E-state index is 11.5. The van der Waals surface area contributed by atoms with Crippen LogP contribution in [0.25, 0.3) is 6.08 Å². The van der Waals surface area contributed by atoms with E-state index in [0.29, 0.717) is 11.3 Å². The van der Waals surface area contributed by atoms with Crippen molar-refractivity contribution < 1.29 is 14.3 Å². The van der Waals surface area contributed by atoms with Gasteiger partial charge in [-0.25, -0.2) is 4.79 Å². The first-order valence-electron chi connectivity index (χ1n) is 5.35. The quantitative estimate of drug-likeness (QED) is 0.362. The highest BCUT2D eigenvalue weighted by atomic mass is 79.9. The van der Waals surface area contributed by atoms with E-state index >= 15 is 0 Å². The third kappa shape index (κ3) is 4.27. The molecule has 0 bridgehead atoms. The minimum atomic E-state index is -0.672. The van der Waals surface area contributed by atoms with Crippen molar-refractivity contribution in [3.05, 3.63) is 46.5 Å². The zero-order valence-corrected chi connectivity index (χ0v) is 11.9. The van der Waals surface area contributed by atoms with Crippen molar-refractivity contribution in [1.29, 1.82) is 5.26 Å². The van der Waals surface area contributed by atoms with Crippen LogP contribution in [0.4, 0.5) is 0 Å². The Balaban J connectivity index is 2.98. The second-order valence-electron chi connectivity index (χ2n) is 3.45. The normalized spacial score (nSPS) is 10.5. The Morgan fingerprint density at radius 1 is 1.58 bits per heavy atom. The molecule has 1 aromatic carbocycles. The molecule has 0 spiro atoms. The maximum Gasteiger partial charge on any atom is 0.349 e. The van der Waals surface area contributed by atoms with Gasteiger partial charge >= 0.3 is 5.97 Å². The molecule has 0 N–H and O–H groups in total. The van der Waals surface area contributed by atoms with Crippen LogP contribution in [0.15, 0.2) is 40.9 Å². The zero-order chi connectivity index (χ0) is 14.3. The van der Waals surface area contributed by atoms with Gasteiger partial charge in [-0.15, -0.1) is 0 Å². The van der Waals surface area contributed by atoms with Crippen LogP contribution in [0.2, 0.25) is 0 Å². The average molecular weight is 322 g/mol. The molecule has 5 heteroatoms.